The molecule has 0 spiro atoms. The van der Waals surface area contributed by atoms with Crippen molar-refractivity contribution in [1.29, 1.82) is 0 Å². The van der Waals surface area contributed by atoms with Gasteiger partial charge in [-0.15, -0.1) is 0 Å². The molecule has 0 saturated heterocycles. The number of pyridine rings is 1. The zero-order valence-corrected chi connectivity index (χ0v) is 12.8. The van der Waals surface area contributed by atoms with Crippen LogP contribution in [0.5, 0.6) is 0 Å². The van der Waals surface area contributed by atoms with Crippen molar-refractivity contribution < 1.29 is 8.42 Å². The maximum Gasteiger partial charge on any atom is 0.240 e. The number of anilines is 1. The molecule has 1 aromatic carbocycles. The number of nitrogens with zero attached hydrogens (tertiary/aromatic N) is 1. The largest absolute Gasteiger partial charge is 0.370 e. The van der Waals surface area contributed by atoms with E-state index in [1.165, 1.54) is 0 Å². The van der Waals surface area contributed by atoms with Gasteiger partial charge in [0.25, 0.3) is 0 Å². The zero-order chi connectivity index (χ0) is 14.9. The van der Waals surface area contributed by atoms with Gasteiger partial charge in [0.15, 0.2) is 0 Å². The summed E-state index contributed by atoms with van der Waals surface area (Å²) >= 11 is 0. The number of hydrogen-bond donors (Lipinski definition) is 2. The predicted octanol–water partition coefficient (Wildman–Crippen LogP) is 2.35. The van der Waals surface area contributed by atoms with Crippen LogP contribution in [0.1, 0.15) is 19.8 Å². The molecule has 0 amide bonds. The lowest BCUT2D eigenvalue weighted by molar-refractivity contribution is 0.577. The van der Waals surface area contributed by atoms with E-state index in [0.29, 0.717) is 17.4 Å². The minimum absolute atomic E-state index is 0.300. The first-order chi connectivity index (χ1) is 10.1. The van der Waals surface area contributed by atoms with Gasteiger partial charge in [-0.1, -0.05) is 0 Å². The van der Waals surface area contributed by atoms with Crippen LogP contribution in [0.25, 0.3) is 10.9 Å². The Balaban J connectivity index is 1.87. The van der Waals surface area contributed by atoms with Crippen LogP contribution in [0.15, 0.2) is 35.2 Å². The first kappa shape index (κ1) is 14.3. The molecule has 21 heavy (non-hydrogen) atoms. The molecule has 0 aliphatic heterocycles. The molecule has 0 bridgehead atoms. The normalized spacial score (nSPS) is 15.3. The minimum Gasteiger partial charge on any atom is -0.370 e. The second-order valence-corrected chi connectivity index (χ2v) is 7.14. The van der Waals surface area contributed by atoms with Crippen molar-refractivity contribution in [3.05, 3.63) is 30.3 Å². The van der Waals surface area contributed by atoms with Crippen molar-refractivity contribution in [2.45, 2.75) is 24.7 Å². The summed E-state index contributed by atoms with van der Waals surface area (Å²) in [6.45, 7) is 3.35. The van der Waals surface area contributed by atoms with E-state index in [-0.39, 0.29) is 0 Å². The quantitative estimate of drug-likeness (QED) is 0.859. The molecule has 2 aromatic rings. The van der Waals surface area contributed by atoms with E-state index in [1.807, 2.05) is 19.1 Å². The van der Waals surface area contributed by atoms with Gasteiger partial charge >= 0.3 is 0 Å². The van der Waals surface area contributed by atoms with E-state index in [9.17, 15) is 8.42 Å². The summed E-state index contributed by atoms with van der Waals surface area (Å²) < 4.78 is 27.1. The van der Waals surface area contributed by atoms with Crippen molar-refractivity contribution in [1.82, 2.24) is 9.71 Å². The number of rotatable bonds is 6. The number of fused-ring (bicyclic) bond motifs is 1. The van der Waals surface area contributed by atoms with E-state index >= 15 is 0 Å². The number of hydrogen-bond acceptors (Lipinski definition) is 4. The Morgan fingerprint density at radius 3 is 2.76 bits per heavy atom. The van der Waals surface area contributed by atoms with Gasteiger partial charge in [-0.3, -0.25) is 0 Å². The maximum absolute atomic E-state index is 12.2. The molecule has 6 heteroatoms. The number of nitrogens with one attached hydrogen (secondary N) is 2. The second kappa shape index (κ2) is 5.61. The first-order valence-corrected chi connectivity index (χ1v) is 8.71. The Morgan fingerprint density at radius 2 is 2.05 bits per heavy atom. The van der Waals surface area contributed by atoms with Crippen molar-refractivity contribution >= 4 is 26.7 Å². The molecule has 1 aliphatic rings. The van der Waals surface area contributed by atoms with Crippen LogP contribution >= 0.6 is 0 Å². The molecule has 5 nitrogen and oxygen atoms in total. The molecule has 112 valence electrons. The zero-order valence-electron chi connectivity index (χ0n) is 12.0. The fraction of sp³-hybridized carbons (Fsp3) is 0.400. The van der Waals surface area contributed by atoms with Crippen LogP contribution < -0.4 is 10.0 Å². The van der Waals surface area contributed by atoms with Crippen LogP contribution in [-0.2, 0) is 10.0 Å². The third kappa shape index (κ3) is 3.33. The maximum atomic E-state index is 12.2. The molecule has 0 unspecified atom stereocenters. The average molecular weight is 305 g/mol. The Hall–Kier alpha value is -1.66. The highest BCUT2D eigenvalue weighted by atomic mass is 32.2. The topological polar surface area (TPSA) is 71.1 Å². The molecule has 1 aromatic heterocycles. The number of benzene rings is 1. The highest BCUT2D eigenvalue weighted by molar-refractivity contribution is 7.89. The van der Waals surface area contributed by atoms with Crippen molar-refractivity contribution in [3.63, 3.8) is 0 Å². The molecule has 2 N–H and O–H groups in total. The van der Waals surface area contributed by atoms with Crippen LogP contribution in [0.2, 0.25) is 0 Å². The summed E-state index contributed by atoms with van der Waals surface area (Å²) in [7, 11) is -3.42. The Bertz CT molecular complexity index is 755. The van der Waals surface area contributed by atoms with Gasteiger partial charge in [-0.2, -0.15) is 0 Å². The van der Waals surface area contributed by atoms with Crippen molar-refractivity contribution in [3.8, 4) is 0 Å². The molecule has 0 atom stereocenters. The lowest BCUT2D eigenvalue weighted by Crippen LogP contribution is -2.25. The van der Waals surface area contributed by atoms with Gasteiger partial charge in [0, 0.05) is 18.5 Å². The molecule has 1 fully saturated rings. The fourth-order valence-electron chi connectivity index (χ4n) is 2.18. The van der Waals surface area contributed by atoms with Gasteiger partial charge in [0.05, 0.1) is 10.4 Å². The molecule has 0 radical (unpaired) electrons. The molecular formula is C15H19N3O2S. The summed E-state index contributed by atoms with van der Waals surface area (Å²) in [6.07, 6.45) is 2.24. The summed E-state index contributed by atoms with van der Waals surface area (Å²) in [6, 6.07) is 8.79. The smallest absolute Gasteiger partial charge is 0.240 e. The summed E-state index contributed by atoms with van der Waals surface area (Å²) in [5.41, 5.74) is 0.787. The standard InChI is InChI=1S/C15H19N3O2S/c1-2-16-15-8-5-12-9-13(6-7-14(12)18-15)21(19,20)17-10-11-3-4-11/h5-9,11,17H,2-4,10H2,1H3,(H,16,18). The lowest BCUT2D eigenvalue weighted by Gasteiger charge is -2.08. The molecule has 1 saturated carbocycles. The number of aromatic nitrogens is 1. The van der Waals surface area contributed by atoms with Gasteiger partial charge in [0.2, 0.25) is 10.0 Å². The van der Waals surface area contributed by atoms with Gasteiger partial charge in [-0.25, -0.2) is 18.1 Å². The van der Waals surface area contributed by atoms with Crippen LogP contribution in [0.3, 0.4) is 0 Å². The van der Waals surface area contributed by atoms with Crippen molar-refractivity contribution in [2.24, 2.45) is 5.92 Å². The molecule has 3 rings (SSSR count). The molecular weight excluding hydrogens is 286 g/mol. The Kier molecular flexibility index (Phi) is 3.82. The number of sulfonamides is 1. The van der Waals surface area contributed by atoms with Gasteiger partial charge in [0.1, 0.15) is 5.82 Å². The Labute approximate surface area is 124 Å². The molecule has 1 heterocycles. The van der Waals surface area contributed by atoms with Crippen LogP contribution in [0.4, 0.5) is 5.82 Å². The Morgan fingerprint density at radius 1 is 1.24 bits per heavy atom. The second-order valence-electron chi connectivity index (χ2n) is 5.38. The van der Waals surface area contributed by atoms with E-state index in [1.54, 1.807) is 18.2 Å². The lowest BCUT2D eigenvalue weighted by atomic mass is 10.2. The summed E-state index contributed by atoms with van der Waals surface area (Å²) in [4.78, 5) is 4.75. The van der Waals surface area contributed by atoms with Gasteiger partial charge < -0.3 is 5.32 Å². The van der Waals surface area contributed by atoms with E-state index in [0.717, 1.165) is 36.1 Å². The SMILES string of the molecule is CCNc1ccc2cc(S(=O)(=O)NCC3CC3)ccc2n1. The third-order valence-electron chi connectivity index (χ3n) is 3.59. The third-order valence-corrected chi connectivity index (χ3v) is 5.01. The predicted molar refractivity (Wildman–Crippen MR) is 83.8 cm³/mol. The highest BCUT2D eigenvalue weighted by Crippen LogP contribution is 2.28. The van der Waals surface area contributed by atoms with Gasteiger partial charge in [-0.05, 0) is 56.0 Å². The van der Waals surface area contributed by atoms with Crippen molar-refractivity contribution in [2.75, 3.05) is 18.4 Å². The highest BCUT2D eigenvalue weighted by Gasteiger charge is 2.24. The molecule has 1 aliphatic carbocycles. The summed E-state index contributed by atoms with van der Waals surface area (Å²) in [5, 5.41) is 3.97. The average Bonchev–Trinajstić information content (AvgIpc) is 3.29. The van der Waals surface area contributed by atoms with E-state index < -0.39 is 10.0 Å². The minimum atomic E-state index is -3.42. The van der Waals surface area contributed by atoms with Crippen LogP contribution in [-0.4, -0.2) is 26.5 Å². The summed E-state index contributed by atoms with van der Waals surface area (Å²) in [5.74, 6) is 1.32. The van der Waals surface area contributed by atoms with E-state index in [2.05, 4.69) is 15.0 Å². The fourth-order valence-corrected chi connectivity index (χ4v) is 3.33. The monoisotopic (exact) mass is 305 g/mol. The van der Waals surface area contributed by atoms with E-state index in [4.69, 9.17) is 0 Å². The van der Waals surface area contributed by atoms with Crippen LogP contribution in [0, 0.1) is 5.92 Å². The first-order valence-electron chi connectivity index (χ1n) is 7.23.